The van der Waals surface area contributed by atoms with Crippen LogP contribution in [0.4, 0.5) is 0 Å². The maximum absolute atomic E-state index is 10.7. The molecule has 0 bridgehead atoms. The first-order valence-electron chi connectivity index (χ1n) is 3.51. The summed E-state index contributed by atoms with van der Waals surface area (Å²) in [6, 6.07) is 3.62. The minimum Gasteiger partial charge on any atom is -0.469 e. The highest BCUT2D eigenvalue weighted by Crippen LogP contribution is 2.14. The van der Waals surface area contributed by atoms with Crippen LogP contribution in [0.1, 0.15) is 13.3 Å². The summed E-state index contributed by atoms with van der Waals surface area (Å²) in [5.41, 5.74) is 0. The van der Waals surface area contributed by atoms with E-state index in [0.717, 1.165) is 0 Å². The molecule has 0 spiro atoms. The third kappa shape index (κ3) is 3.03. The average Bonchev–Trinajstić information content (AvgIpc) is 2.06. The summed E-state index contributed by atoms with van der Waals surface area (Å²) in [5.74, 6) is -1.39. The van der Waals surface area contributed by atoms with Crippen LogP contribution in [0.5, 0.6) is 0 Å². The zero-order valence-electron chi connectivity index (χ0n) is 7.07. The molecular weight excluding hydrogens is 156 g/mol. The van der Waals surface area contributed by atoms with Gasteiger partial charge in [-0.25, -0.2) is 0 Å². The van der Waals surface area contributed by atoms with Gasteiger partial charge < -0.3 is 4.74 Å². The fourth-order valence-corrected chi connectivity index (χ4v) is 0.747. The topological polar surface area (TPSA) is 73.9 Å². The van der Waals surface area contributed by atoms with Crippen molar-refractivity contribution in [3.05, 3.63) is 0 Å². The molecule has 4 nitrogen and oxygen atoms in total. The molecule has 64 valence electrons. The van der Waals surface area contributed by atoms with Gasteiger partial charge in [0, 0.05) is 0 Å². The second kappa shape index (κ2) is 5.15. The lowest BCUT2D eigenvalue weighted by molar-refractivity contribution is -0.141. The number of esters is 1. The van der Waals surface area contributed by atoms with Gasteiger partial charge in [0.25, 0.3) is 0 Å². The van der Waals surface area contributed by atoms with Crippen LogP contribution in [-0.4, -0.2) is 13.1 Å². The zero-order chi connectivity index (χ0) is 9.56. The van der Waals surface area contributed by atoms with E-state index in [4.69, 9.17) is 10.5 Å². The van der Waals surface area contributed by atoms with E-state index in [1.807, 2.05) is 12.1 Å². The Labute approximate surface area is 71.4 Å². The summed E-state index contributed by atoms with van der Waals surface area (Å²) in [5, 5.41) is 16.9. The number of nitriles is 2. The maximum Gasteiger partial charge on any atom is 0.305 e. The first-order valence-corrected chi connectivity index (χ1v) is 3.51. The smallest absolute Gasteiger partial charge is 0.305 e. The molecule has 0 fully saturated rings. The number of nitrogens with zero attached hydrogens (tertiary/aromatic N) is 2. The van der Waals surface area contributed by atoms with E-state index in [2.05, 4.69) is 4.74 Å². The molecule has 0 aromatic rings. The largest absolute Gasteiger partial charge is 0.469 e. The minimum absolute atomic E-state index is 0.113. The second-order valence-electron chi connectivity index (χ2n) is 2.49. The third-order valence-corrected chi connectivity index (χ3v) is 1.56. The van der Waals surface area contributed by atoms with Gasteiger partial charge >= 0.3 is 5.97 Å². The molecule has 0 saturated carbocycles. The quantitative estimate of drug-likeness (QED) is 0.582. The number of carbonyl (C=O) groups excluding carboxylic acids is 1. The van der Waals surface area contributed by atoms with Crippen molar-refractivity contribution >= 4 is 5.97 Å². The molecule has 1 atom stereocenters. The predicted molar refractivity (Wildman–Crippen MR) is 40.5 cm³/mol. The lowest BCUT2D eigenvalue weighted by atomic mass is 9.94. The molecule has 0 heterocycles. The summed E-state index contributed by atoms with van der Waals surface area (Å²) in [4.78, 5) is 10.7. The van der Waals surface area contributed by atoms with Gasteiger partial charge in [-0.05, 0) is 5.92 Å². The van der Waals surface area contributed by atoms with E-state index in [0.29, 0.717) is 0 Å². The van der Waals surface area contributed by atoms with Gasteiger partial charge in [0.1, 0.15) is 5.92 Å². The maximum atomic E-state index is 10.7. The molecule has 0 aliphatic carbocycles. The van der Waals surface area contributed by atoms with Crippen molar-refractivity contribution in [2.75, 3.05) is 7.11 Å². The lowest BCUT2D eigenvalue weighted by Crippen LogP contribution is -2.13. The van der Waals surface area contributed by atoms with Crippen LogP contribution in [0.2, 0.25) is 0 Å². The van der Waals surface area contributed by atoms with E-state index < -0.39 is 11.9 Å². The summed E-state index contributed by atoms with van der Waals surface area (Å²) in [6.07, 6.45) is 0.113. The van der Waals surface area contributed by atoms with Crippen molar-refractivity contribution in [3.8, 4) is 12.1 Å². The molecule has 12 heavy (non-hydrogen) atoms. The number of rotatable bonds is 3. The van der Waals surface area contributed by atoms with Crippen LogP contribution in [0.15, 0.2) is 0 Å². The summed E-state index contributed by atoms with van der Waals surface area (Å²) >= 11 is 0. The molecule has 1 unspecified atom stereocenters. The van der Waals surface area contributed by atoms with Gasteiger partial charge in [-0.1, -0.05) is 6.92 Å². The molecule has 0 N–H and O–H groups in total. The van der Waals surface area contributed by atoms with Gasteiger partial charge in [0.15, 0.2) is 0 Å². The molecule has 4 heteroatoms. The van der Waals surface area contributed by atoms with E-state index in [9.17, 15) is 4.79 Å². The van der Waals surface area contributed by atoms with E-state index in [-0.39, 0.29) is 12.3 Å². The average molecular weight is 166 g/mol. The molecular formula is C8H10N2O2. The highest BCUT2D eigenvalue weighted by molar-refractivity contribution is 5.69. The Bertz CT molecular complexity index is 222. The van der Waals surface area contributed by atoms with E-state index in [1.165, 1.54) is 7.11 Å². The van der Waals surface area contributed by atoms with Crippen LogP contribution >= 0.6 is 0 Å². The molecule has 0 aromatic heterocycles. The number of methoxy groups -OCH3 is 1. The van der Waals surface area contributed by atoms with Crippen LogP contribution < -0.4 is 0 Å². The van der Waals surface area contributed by atoms with Gasteiger partial charge in [-0.3, -0.25) is 4.79 Å². The Kier molecular flexibility index (Phi) is 4.48. The van der Waals surface area contributed by atoms with Crippen molar-refractivity contribution in [3.63, 3.8) is 0 Å². The van der Waals surface area contributed by atoms with Gasteiger partial charge in [0.2, 0.25) is 0 Å². The SMILES string of the molecule is COC(=O)CC(C)C(C#N)C#N. The Morgan fingerprint density at radius 1 is 1.50 bits per heavy atom. The molecule has 0 radical (unpaired) electrons. The van der Waals surface area contributed by atoms with Crippen molar-refractivity contribution in [1.82, 2.24) is 0 Å². The molecule has 0 aromatic carbocycles. The fraction of sp³-hybridized carbons (Fsp3) is 0.625. The second-order valence-corrected chi connectivity index (χ2v) is 2.49. The molecule has 0 aliphatic heterocycles. The summed E-state index contributed by atoms with van der Waals surface area (Å²) < 4.78 is 4.40. The standard InChI is InChI=1S/C8H10N2O2/c1-6(3-8(11)12-2)7(4-9)5-10/h6-7H,3H2,1-2H3. The van der Waals surface area contributed by atoms with E-state index >= 15 is 0 Å². The summed E-state index contributed by atoms with van der Waals surface area (Å²) in [7, 11) is 1.28. The Morgan fingerprint density at radius 3 is 2.33 bits per heavy atom. The number of ether oxygens (including phenoxy) is 1. The minimum atomic E-state index is -0.732. The molecule has 0 aliphatic rings. The third-order valence-electron chi connectivity index (χ3n) is 1.56. The molecule has 0 amide bonds. The first kappa shape index (κ1) is 10.4. The summed E-state index contributed by atoms with van der Waals surface area (Å²) in [6.45, 7) is 1.67. The first-order chi connectivity index (χ1) is 5.65. The van der Waals surface area contributed by atoms with Crippen molar-refractivity contribution in [1.29, 1.82) is 10.5 Å². The monoisotopic (exact) mass is 166 g/mol. The fourth-order valence-electron chi connectivity index (χ4n) is 0.747. The van der Waals surface area contributed by atoms with Crippen LogP contribution in [0, 0.1) is 34.5 Å². The number of hydrogen-bond acceptors (Lipinski definition) is 4. The van der Waals surface area contributed by atoms with Gasteiger partial charge in [0.05, 0.1) is 25.7 Å². The van der Waals surface area contributed by atoms with Crippen LogP contribution in [-0.2, 0) is 9.53 Å². The van der Waals surface area contributed by atoms with Crippen molar-refractivity contribution in [2.45, 2.75) is 13.3 Å². The van der Waals surface area contributed by atoms with Crippen molar-refractivity contribution < 1.29 is 9.53 Å². The molecule has 0 saturated heterocycles. The van der Waals surface area contributed by atoms with E-state index in [1.54, 1.807) is 6.92 Å². The Morgan fingerprint density at radius 2 is 2.00 bits per heavy atom. The van der Waals surface area contributed by atoms with Crippen molar-refractivity contribution in [2.24, 2.45) is 11.8 Å². The number of hydrogen-bond donors (Lipinski definition) is 0. The van der Waals surface area contributed by atoms with Gasteiger partial charge in [-0.15, -0.1) is 0 Å². The number of carbonyl (C=O) groups is 1. The lowest BCUT2D eigenvalue weighted by Gasteiger charge is -2.08. The molecule has 0 rings (SSSR count). The zero-order valence-corrected chi connectivity index (χ0v) is 7.07. The predicted octanol–water partition coefficient (Wildman–Crippen LogP) is 0.849. The normalized spacial score (nSPS) is 11.4. The highest BCUT2D eigenvalue weighted by Gasteiger charge is 2.19. The Balaban J connectivity index is 4.05. The van der Waals surface area contributed by atoms with Crippen LogP contribution in [0.25, 0.3) is 0 Å². The van der Waals surface area contributed by atoms with Gasteiger partial charge in [-0.2, -0.15) is 10.5 Å². The van der Waals surface area contributed by atoms with Crippen LogP contribution in [0.3, 0.4) is 0 Å². The Hall–Kier alpha value is -1.55. The highest BCUT2D eigenvalue weighted by atomic mass is 16.5.